The van der Waals surface area contributed by atoms with Crippen molar-refractivity contribution in [1.29, 1.82) is 0 Å². The lowest BCUT2D eigenvalue weighted by Crippen LogP contribution is -2.35. The molecule has 0 aliphatic rings. The third-order valence-corrected chi connectivity index (χ3v) is 2.72. The Balaban J connectivity index is 2.34. The molecular formula is C13H13N3O4. The highest BCUT2D eigenvalue weighted by molar-refractivity contribution is 5.98. The van der Waals surface area contributed by atoms with Crippen LogP contribution in [0.1, 0.15) is 16.1 Å². The van der Waals surface area contributed by atoms with Crippen molar-refractivity contribution in [2.24, 2.45) is 0 Å². The van der Waals surface area contributed by atoms with Gasteiger partial charge in [-0.05, 0) is 13.0 Å². The molecule has 0 radical (unpaired) electrons. The van der Waals surface area contributed by atoms with E-state index in [0.717, 1.165) is 0 Å². The van der Waals surface area contributed by atoms with Crippen LogP contribution in [0.4, 0.5) is 0 Å². The molecule has 0 aliphatic carbocycles. The highest BCUT2D eigenvalue weighted by Gasteiger charge is 2.19. The van der Waals surface area contributed by atoms with Gasteiger partial charge in [-0.15, -0.1) is 6.58 Å². The molecule has 0 bridgehead atoms. The maximum Gasteiger partial charge on any atom is 0.323 e. The van der Waals surface area contributed by atoms with Crippen LogP contribution < -0.4 is 0 Å². The standard InChI is InChI=1S/C13H13N3O4/c1-3-4-16(7-11(17)18)13(19)9-5-10-8(2)15-20-12(10)14-6-9/h3,5-6H,1,4,7H2,2H3,(H,17,18). The summed E-state index contributed by atoms with van der Waals surface area (Å²) in [6.45, 7) is 5.00. The second-order valence-electron chi connectivity index (χ2n) is 4.21. The first-order valence-corrected chi connectivity index (χ1v) is 5.87. The van der Waals surface area contributed by atoms with Gasteiger partial charge in [0.2, 0.25) is 0 Å². The van der Waals surface area contributed by atoms with Crippen LogP contribution in [0.25, 0.3) is 11.1 Å². The molecule has 0 unspecified atom stereocenters. The Labute approximate surface area is 114 Å². The number of rotatable bonds is 5. The zero-order chi connectivity index (χ0) is 14.7. The van der Waals surface area contributed by atoms with Crippen LogP contribution in [0.2, 0.25) is 0 Å². The molecule has 104 valence electrons. The number of pyridine rings is 1. The van der Waals surface area contributed by atoms with E-state index in [-0.39, 0.29) is 12.1 Å². The first kappa shape index (κ1) is 13.7. The van der Waals surface area contributed by atoms with E-state index < -0.39 is 18.4 Å². The van der Waals surface area contributed by atoms with Crippen LogP contribution in [0, 0.1) is 6.92 Å². The zero-order valence-corrected chi connectivity index (χ0v) is 10.9. The summed E-state index contributed by atoms with van der Waals surface area (Å²) in [7, 11) is 0. The lowest BCUT2D eigenvalue weighted by molar-refractivity contribution is -0.137. The Morgan fingerprint density at radius 3 is 2.95 bits per heavy atom. The Morgan fingerprint density at radius 2 is 2.30 bits per heavy atom. The Hall–Kier alpha value is -2.70. The van der Waals surface area contributed by atoms with Gasteiger partial charge < -0.3 is 14.5 Å². The maximum absolute atomic E-state index is 12.3. The van der Waals surface area contributed by atoms with E-state index in [1.165, 1.54) is 17.2 Å². The summed E-state index contributed by atoms with van der Waals surface area (Å²) in [5, 5.41) is 13.2. The molecule has 2 rings (SSSR count). The Bertz CT molecular complexity index is 677. The minimum atomic E-state index is -1.09. The molecule has 0 saturated heterocycles. The molecule has 0 saturated carbocycles. The summed E-state index contributed by atoms with van der Waals surface area (Å²) in [6.07, 6.45) is 2.81. The van der Waals surface area contributed by atoms with Crippen molar-refractivity contribution in [1.82, 2.24) is 15.0 Å². The molecule has 0 atom stereocenters. The molecule has 2 aromatic heterocycles. The average molecular weight is 275 g/mol. The monoisotopic (exact) mass is 275 g/mol. The number of aliphatic carboxylic acids is 1. The quantitative estimate of drug-likeness (QED) is 0.825. The number of carbonyl (C=O) groups excluding carboxylic acids is 1. The third kappa shape index (κ3) is 2.66. The molecule has 1 amide bonds. The number of aromatic nitrogens is 2. The highest BCUT2D eigenvalue weighted by atomic mass is 16.5. The van der Waals surface area contributed by atoms with Crippen molar-refractivity contribution >= 4 is 23.0 Å². The zero-order valence-electron chi connectivity index (χ0n) is 10.9. The Kier molecular flexibility index (Phi) is 3.79. The predicted molar refractivity (Wildman–Crippen MR) is 70.3 cm³/mol. The first-order chi connectivity index (χ1) is 9.52. The topological polar surface area (TPSA) is 96.5 Å². The van der Waals surface area contributed by atoms with Gasteiger partial charge in [0.1, 0.15) is 6.54 Å². The minimum absolute atomic E-state index is 0.145. The molecule has 7 heteroatoms. The molecular weight excluding hydrogens is 262 g/mol. The minimum Gasteiger partial charge on any atom is -0.480 e. The molecule has 2 heterocycles. The van der Waals surface area contributed by atoms with E-state index in [2.05, 4.69) is 16.7 Å². The molecule has 0 aliphatic heterocycles. The average Bonchev–Trinajstić information content (AvgIpc) is 2.78. The summed E-state index contributed by atoms with van der Waals surface area (Å²) >= 11 is 0. The van der Waals surface area contributed by atoms with E-state index in [4.69, 9.17) is 9.63 Å². The number of nitrogens with zero attached hydrogens (tertiary/aromatic N) is 3. The number of hydrogen-bond acceptors (Lipinski definition) is 5. The lowest BCUT2D eigenvalue weighted by Gasteiger charge is -2.18. The molecule has 0 aromatic carbocycles. The van der Waals surface area contributed by atoms with Crippen molar-refractivity contribution in [3.63, 3.8) is 0 Å². The summed E-state index contributed by atoms with van der Waals surface area (Å²) in [5.74, 6) is -1.52. The molecule has 20 heavy (non-hydrogen) atoms. The second-order valence-corrected chi connectivity index (χ2v) is 4.21. The van der Waals surface area contributed by atoms with Gasteiger partial charge in [0.25, 0.3) is 11.6 Å². The van der Waals surface area contributed by atoms with Gasteiger partial charge in [-0.1, -0.05) is 11.2 Å². The largest absolute Gasteiger partial charge is 0.480 e. The van der Waals surface area contributed by atoms with E-state index in [0.29, 0.717) is 16.8 Å². The van der Waals surface area contributed by atoms with Crippen molar-refractivity contribution in [2.45, 2.75) is 6.92 Å². The molecule has 2 aromatic rings. The normalized spacial score (nSPS) is 10.4. The number of amides is 1. The van der Waals surface area contributed by atoms with Gasteiger partial charge in [0.05, 0.1) is 16.6 Å². The number of carbonyl (C=O) groups is 2. The summed E-state index contributed by atoms with van der Waals surface area (Å²) in [4.78, 5) is 28.2. The highest BCUT2D eigenvalue weighted by Crippen LogP contribution is 2.17. The van der Waals surface area contributed by atoms with Gasteiger partial charge in [-0.2, -0.15) is 0 Å². The number of carboxylic acid groups (broad SMARTS) is 1. The van der Waals surface area contributed by atoms with Gasteiger partial charge in [-0.25, -0.2) is 4.98 Å². The van der Waals surface area contributed by atoms with E-state index >= 15 is 0 Å². The van der Waals surface area contributed by atoms with E-state index in [1.54, 1.807) is 13.0 Å². The number of hydrogen-bond donors (Lipinski definition) is 1. The molecule has 0 fully saturated rings. The van der Waals surface area contributed by atoms with Crippen molar-refractivity contribution in [3.8, 4) is 0 Å². The van der Waals surface area contributed by atoms with Crippen LogP contribution in [-0.2, 0) is 4.79 Å². The fourth-order valence-electron chi connectivity index (χ4n) is 1.78. The van der Waals surface area contributed by atoms with Crippen LogP contribution in [-0.4, -0.2) is 45.1 Å². The second kappa shape index (κ2) is 5.52. The van der Waals surface area contributed by atoms with Crippen molar-refractivity contribution in [2.75, 3.05) is 13.1 Å². The molecule has 0 spiro atoms. The number of carboxylic acids is 1. The SMILES string of the molecule is C=CCN(CC(=O)O)C(=O)c1cnc2onc(C)c2c1. The van der Waals surface area contributed by atoms with Crippen LogP contribution in [0.5, 0.6) is 0 Å². The van der Waals surface area contributed by atoms with Crippen LogP contribution in [0.3, 0.4) is 0 Å². The van der Waals surface area contributed by atoms with Gasteiger partial charge in [-0.3, -0.25) is 9.59 Å². The smallest absolute Gasteiger partial charge is 0.323 e. The molecule has 1 N–H and O–H groups in total. The predicted octanol–water partition coefficient (Wildman–Crippen LogP) is 1.24. The van der Waals surface area contributed by atoms with Crippen molar-refractivity contribution < 1.29 is 19.2 Å². The molecule has 7 nitrogen and oxygen atoms in total. The maximum atomic E-state index is 12.3. The third-order valence-electron chi connectivity index (χ3n) is 2.72. The van der Waals surface area contributed by atoms with Crippen LogP contribution in [0.15, 0.2) is 29.4 Å². The van der Waals surface area contributed by atoms with Crippen molar-refractivity contribution in [3.05, 3.63) is 36.2 Å². The summed E-state index contributed by atoms with van der Waals surface area (Å²) in [5.41, 5.74) is 1.25. The summed E-state index contributed by atoms with van der Waals surface area (Å²) in [6, 6.07) is 1.59. The van der Waals surface area contributed by atoms with E-state index in [9.17, 15) is 9.59 Å². The van der Waals surface area contributed by atoms with Crippen LogP contribution >= 0.6 is 0 Å². The number of fused-ring (bicyclic) bond motifs is 1. The number of aryl methyl sites for hydroxylation is 1. The van der Waals surface area contributed by atoms with Gasteiger partial charge in [0, 0.05) is 12.7 Å². The van der Waals surface area contributed by atoms with Gasteiger partial charge >= 0.3 is 5.97 Å². The Morgan fingerprint density at radius 1 is 1.55 bits per heavy atom. The van der Waals surface area contributed by atoms with E-state index in [1.807, 2.05) is 0 Å². The fraction of sp³-hybridized carbons (Fsp3) is 0.231. The lowest BCUT2D eigenvalue weighted by atomic mass is 10.2. The fourth-order valence-corrected chi connectivity index (χ4v) is 1.78. The van der Waals surface area contributed by atoms with Gasteiger partial charge in [0.15, 0.2) is 0 Å². The summed E-state index contributed by atoms with van der Waals surface area (Å²) < 4.78 is 4.96. The first-order valence-electron chi connectivity index (χ1n) is 5.87.